The predicted octanol–water partition coefficient (Wildman–Crippen LogP) is 5.22. The summed E-state index contributed by atoms with van der Waals surface area (Å²) >= 11 is 0. The van der Waals surface area contributed by atoms with Crippen molar-refractivity contribution >= 4 is 0 Å². The molecule has 0 N–H and O–H groups in total. The van der Waals surface area contributed by atoms with Crippen LogP contribution in [0.15, 0.2) is 0 Å². The Kier molecular flexibility index (Phi) is 6.55. The van der Waals surface area contributed by atoms with E-state index in [2.05, 4.69) is 60.4 Å². The highest BCUT2D eigenvalue weighted by atomic mass is 16.5. The minimum Gasteiger partial charge on any atom is -0.385 e. The third-order valence-electron chi connectivity index (χ3n) is 5.94. The van der Waals surface area contributed by atoms with Crippen molar-refractivity contribution in [2.24, 2.45) is 22.7 Å². The van der Waals surface area contributed by atoms with Crippen molar-refractivity contribution in [1.82, 2.24) is 4.90 Å². The molecule has 2 heteroatoms. The first-order valence-corrected chi connectivity index (χ1v) is 9.09. The van der Waals surface area contributed by atoms with Gasteiger partial charge in [-0.25, -0.2) is 0 Å². The summed E-state index contributed by atoms with van der Waals surface area (Å²) in [6.45, 7) is 18.8. The molecule has 0 radical (unpaired) electrons. The molecule has 0 spiro atoms. The van der Waals surface area contributed by atoms with Crippen LogP contribution in [0.1, 0.15) is 74.1 Å². The van der Waals surface area contributed by atoms with Gasteiger partial charge in [-0.15, -0.1) is 0 Å². The highest BCUT2D eigenvalue weighted by Gasteiger charge is 2.47. The summed E-state index contributed by atoms with van der Waals surface area (Å²) < 4.78 is 5.24. The number of hydrogen-bond donors (Lipinski definition) is 0. The van der Waals surface area contributed by atoms with Crippen LogP contribution in [0.2, 0.25) is 0 Å². The van der Waals surface area contributed by atoms with Gasteiger partial charge < -0.3 is 9.64 Å². The van der Waals surface area contributed by atoms with Gasteiger partial charge in [-0.3, -0.25) is 0 Å². The highest BCUT2D eigenvalue weighted by Crippen LogP contribution is 2.54. The molecule has 132 valence electrons. The van der Waals surface area contributed by atoms with Crippen molar-refractivity contribution in [1.29, 1.82) is 0 Å². The average molecular weight is 312 g/mol. The third kappa shape index (κ3) is 6.20. The minimum absolute atomic E-state index is 0.308. The number of methoxy groups -OCH3 is 1. The Labute approximate surface area is 140 Å². The predicted molar refractivity (Wildman–Crippen MR) is 97.3 cm³/mol. The Morgan fingerprint density at radius 2 is 1.59 bits per heavy atom. The summed E-state index contributed by atoms with van der Waals surface area (Å²) in [5.74, 6) is 1.86. The largest absolute Gasteiger partial charge is 0.385 e. The van der Waals surface area contributed by atoms with Crippen LogP contribution in [0.5, 0.6) is 0 Å². The molecule has 1 aliphatic carbocycles. The van der Waals surface area contributed by atoms with Crippen molar-refractivity contribution in [2.45, 2.75) is 79.7 Å². The summed E-state index contributed by atoms with van der Waals surface area (Å²) in [7, 11) is 4.10. The first kappa shape index (κ1) is 20.0. The zero-order chi connectivity index (χ0) is 17.2. The Morgan fingerprint density at radius 3 is 2.05 bits per heavy atom. The molecule has 2 atom stereocenters. The van der Waals surface area contributed by atoms with Crippen LogP contribution in [-0.4, -0.2) is 37.7 Å². The SMILES string of the molecule is COCCC(C)(C)CCN(C)C(C)(C)CC1CC1C(C)(C)C. The summed E-state index contributed by atoms with van der Waals surface area (Å²) in [6.07, 6.45) is 5.15. The van der Waals surface area contributed by atoms with Crippen LogP contribution in [0.4, 0.5) is 0 Å². The molecule has 0 heterocycles. The van der Waals surface area contributed by atoms with Gasteiger partial charge in [-0.1, -0.05) is 34.6 Å². The Bertz CT molecular complexity index is 340. The van der Waals surface area contributed by atoms with E-state index < -0.39 is 0 Å². The van der Waals surface area contributed by atoms with E-state index >= 15 is 0 Å². The van der Waals surface area contributed by atoms with Gasteiger partial charge in [0.05, 0.1) is 0 Å². The second-order valence-electron chi connectivity index (χ2n) is 10.1. The van der Waals surface area contributed by atoms with E-state index in [4.69, 9.17) is 4.74 Å². The van der Waals surface area contributed by atoms with E-state index in [1.165, 1.54) is 25.8 Å². The van der Waals surface area contributed by atoms with E-state index in [9.17, 15) is 0 Å². The third-order valence-corrected chi connectivity index (χ3v) is 5.94. The van der Waals surface area contributed by atoms with Crippen molar-refractivity contribution in [3.63, 3.8) is 0 Å². The molecule has 0 saturated heterocycles. The lowest BCUT2D eigenvalue weighted by Crippen LogP contribution is -2.43. The topological polar surface area (TPSA) is 12.5 Å². The summed E-state index contributed by atoms with van der Waals surface area (Å²) in [6, 6.07) is 0. The van der Waals surface area contributed by atoms with Gasteiger partial charge in [0.2, 0.25) is 0 Å². The molecule has 1 saturated carbocycles. The monoisotopic (exact) mass is 311 g/mol. The lowest BCUT2D eigenvalue weighted by molar-refractivity contribution is 0.0987. The van der Waals surface area contributed by atoms with Crippen LogP contribution >= 0.6 is 0 Å². The van der Waals surface area contributed by atoms with Crippen LogP contribution in [0, 0.1) is 22.7 Å². The molecular formula is C20H41NO. The number of rotatable bonds is 9. The van der Waals surface area contributed by atoms with Crippen LogP contribution in [0.3, 0.4) is 0 Å². The zero-order valence-corrected chi connectivity index (χ0v) is 16.8. The Hall–Kier alpha value is -0.0800. The summed E-state index contributed by atoms with van der Waals surface area (Å²) in [5, 5.41) is 0. The molecule has 0 aromatic rings. The van der Waals surface area contributed by atoms with E-state index in [1.807, 2.05) is 0 Å². The van der Waals surface area contributed by atoms with E-state index in [1.54, 1.807) is 7.11 Å². The fourth-order valence-corrected chi connectivity index (χ4v) is 3.61. The highest BCUT2D eigenvalue weighted by molar-refractivity contribution is 4.98. The normalized spacial score (nSPS) is 23.2. The van der Waals surface area contributed by atoms with Crippen molar-refractivity contribution in [3.05, 3.63) is 0 Å². The van der Waals surface area contributed by atoms with Crippen LogP contribution < -0.4 is 0 Å². The summed E-state index contributed by atoms with van der Waals surface area (Å²) in [5.41, 5.74) is 1.16. The van der Waals surface area contributed by atoms with Gasteiger partial charge in [0.1, 0.15) is 0 Å². The lowest BCUT2D eigenvalue weighted by Gasteiger charge is -2.38. The van der Waals surface area contributed by atoms with Gasteiger partial charge in [0.25, 0.3) is 0 Å². The second kappa shape index (κ2) is 7.21. The van der Waals surface area contributed by atoms with E-state index in [0.29, 0.717) is 16.4 Å². The summed E-state index contributed by atoms with van der Waals surface area (Å²) in [4.78, 5) is 2.58. The molecule has 1 rings (SSSR count). The molecule has 0 amide bonds. The van der Waals surface area contributed by atoms with Gasteiger partial charge >= 0.3 is 0 Å². The smallest absolute Gasteiger partial charge is 0.0467 e. The molecule has 2 unspecified atom stereocenters. The van der Waals surface area contributed by atoms with E-state index in [-0.39, 0.29) is 0 Å². The number of nitrogens with zero attached hydrogens (tertiary/aromatic N) is 1. The molecule has 2 nitrogen and oxygen atoms in total. The standard InChI is InChI=1S/C20H41NO/c1-18(2,3)17-14-16(17)15-20(6,7)21(8)12-10-19(4,5)11-13-22-9/h16-17H,10-15H2,1-9H3. The van der Waals surface area contributed by atoms with Crippen LogP contribution in [0.25, 0.3) is 0 Å². The molecule has 0 aromatic carbocycles. The fraction of sp³-hybridized carbons (Fsp3) is 1.00. The fourth-order valence-electron chi connectivity index (χ4n) is 3.61. The Morgan fingerprint density at radius 1 is 1.00 bits per heavy atom. The zero-order valence-electron chi connectivity index (χ0n) is 16.8. The minimum atomic E-state index is 0.308. The van der Waals surface area contributed by atoms with Gasteiger partial charge in [0.15, 0.2) is 0 Å². The number of hydrogen-bond acceptors (Lipinski definition) is 2. The first-order chi connectivity index (χ1) is 9.89. The van der Waals surface area contributed by atoms with Crippen molar-refractivity contribution in [3.8, 4) is 0 Å². The van der Waals surface area contributed by atoms with E-state index in [0.717, 1.165) is 24.9 Å². The van der Waals surface area contributed by atoms with Crippen LogP contribution in [-0.2, 0) is 4.74 Å². The van der Waals surface area contributed by atoms with Crippen molar-refractivity contribution in [2.75, 3.05) is 27.3 Å². The Balaban J connectivity index is 2.42. The molecule has 0 bridgehead atoms. The molecule has 1 aliphatic rings. The lowest BCUT2D eigenvalue weighted by atomic mass is 9.84. The molecule has 22 heavy (non-hydrogen) atoms. The second-order valence-corrected chi connectivity index (χ2v) is 10.1. The first-order valence-electron chi connectivity index (χ1n) is 9.09. The van der Waals surface area contributed by atoms with Crippen molar-refractivity contribution < 1.29 is 4.74 Å². The van der Waals surface area contributed by atoms with Gasteiger partial charge in [-0.2, -0.15) is 0 Å². The van der Waals surface area contributed by atoms with Gasteiger partial charge in [0, 0.05) is 19.3 Å². The molecule has 0 aromatic heterocycles. The molecule has 0 aliphatic heterocycles. The molecule has 1 fully saturated rings. The maximum absolute atomic E-state index is 5.24. The molecular weight excluding hydrogens is 270 g/mol. The quantitative estimate of drug-likeness (QED) is 0.578. The number of ether oxygens (including phenoxy) is 1. The maximum Gasteiger partial charge on any atom is 0.0467 e. The average Bonchev–Trinajstić information content (AvgIpc) is 3.12. The van der Waals surface area contributed by atoms with Gasteiger partial charge in [-0.05, 0) is 75.8 Å². The maximum atomic E-state index is 5.24.